The Labute approximate surface area is 171 Å². The Morgan fingerprint density at radius 1 is 1.10 bits per heavy atom. The molecule has 0 bridgehead atoms. The van der Waals surface area contributed by atoms with E-state index in [0.717, 1.165) is 0 Å². The summed E-state index contributed by atoms with van der Waals surface area (Å²) in [5.41, 5.74) is 9.06. The van der Waals surface area contributed by atoms with Crippen LogP contribution in [0.2, 0.25) is 0 Å². The number of aromatic nitrogens is 1. The number of carbonyl (C=O) groups is 2. The molecule has 0 atom stereocenters. The summed E-state index contributed by atoms with van der Waals surface area (Å²) in [6, 6.07) is 12.4. The van der Waals surface area contributed by atoms with Crippen LogP contribution in [-0.2, 0) is 23.8 Å². The predicted molar refractivity (Wildman–Crippen MR) is 108 cm³/mol. The van der Waals surface area contributed by atoms with Crippen molar-refractivity contribution in [3.05, 3.63) is 53.7 Å². The molecule has 0 saturated carbocycles. The lowest BCUT2D eigenvalue weighted by atomic mass is 10.1. The lowest BCUT2D eigenvalue weighted by molar-refractivity contribution is -0.140. The Morgan fingerprint density at radius 3 is 2.67 bits per heavy atom. The second-order valence-corrected chi connectivity index (χ2v) is 6.51. The number of ether oxygens (including phenoxy) is 3. The molecule has 0 amide bonds. The van der Waals surface area contributed by atoms with Gasteiger partial charge in [0.1, 0.15) is 17.9 Å². The average Bonchev–Trinajstić information content (AvgIpc) is 3.20. The number of oxazole rings is 1. The SMILES string of the molecule is COC(=O)C1=C(C(=O)OC)N(c2cccc(-c3nc4cc(N)ccc4o3)c2)COC1. The molecule has 0 spiro atoms. The first-order chi connectivity index (χ1) is 14.5. The molecule has 154 valence electrons. The van der Waals surface area contributed by atoms with Crippen LogP contribution in [0.1, 0.15) is 0 Å². The van der Waals surface area contributed by atoms with Crippen LogP contribution in [0.5, 0.6) is 0 Å². The highest BCUT2D eigenvalue weighted by Gasteiger charge is 2.32. The van der Waals surface area contributed by atoms with Gasteiger partial charge in [0.05, 0.1) is 26.4 Å². The summed E-state index contributed by atoms with van der Waals surface area (Å²) < 4.78 is 21.0. The number of esters is 2. The number of methoxy groups -OCH3 is 2. The van der Waals surface area contributed by atoms with E-state index in [0.29, 0.717) is 33.9 Å². The van der Waals surface area contributed by atoms with Gasteiger partial charge in [-0.2, -0.15) is 0 Å². The van der Waals surface area contributed by atoms with Crippen LogP contribution >= 0.6 is 0 Å². The zero-order valence-electron chi connectivity index (χ0n) is 16.4. The molecule has 0 saturated heterocycles. The molecule has 2 heterocycles. The van der Waals surface area contributed by atoms with E-state index >= 15 is 0 Å². The Morgan fingerprint density at radius 2 is 1.90 bits per heavy atom. The van der Waals surface area contributed by atoms with Crippen LogP contribution < -0.4 is 10.6 Å². The number of benzene rings is 2. The minimum Gasteiger partial charge on any atom is -0.466 e. The third-order valence-corrected chi connectivity index (χ3v) is 4.65. The molecule has 1 aromatic heterocycles. The van der Waals surface area contributed by atoms with Gasteiger partial charge in [0.15, 0.2) is 5.58 Å². The Bertz CT molecular complexity index is 1170. The van der Waals surface area contributed by atoms with Crippen molar-refractivity contribution in [2.24, 2.45) is 0 Å². The largest absolute Gasteiger partial charge is 0.466 e. The quantitative estimate of drug-likeness (QED) is 0.512. The average molecular weight is 409 g/mol. The number of nitrogens with zero attached hydrogens (tertiary/aromatic N) is 2. The summed E-state index contributed by atoms with van der Waals surface area (Å²) in [5.74, 6) is -0.929. The first-order valence-electron chi connectivity index (χ1n) is 9.03. The van der Waals surface area contributed by atoms with E-state index in [1.807, 2.05) is 6.07 Å². The van der Waals surface area contributed by atoms with Gasteiger partial charge in [-0.1, -0.05) is 6.07 Å². The van der Waals surface area contributed by atoms with Gasteiger partial charge in [0.25, 0.3) is 0 Å². The van der Waals surface area contributed by atoms with Gasteiger partial charge in [-0.25, -0.2) is 14.6 Å². The Hall–Kier alpha value is -3.85. The normalized spacial score (nSPS) is 14.1. The molecule has 0 fully saturated rings. The van der Waals surface area contributed by atoms with E-state index in [1.165, 1.54) is 14.2 Å². The maximum atomic E-state index is 12.5. The third kappa shape index (κ3) is 3.46. The van der Waals surface area contributed by atoms with E-state index in [9.17, 15) is 9.59 Å². The van der Waals surface area contributed by atoms with Gasteiger partial charge in [0, 0.05) is 16.9 Å². The lowest BCUT2D eigenvalue weighted by Crippen LogP contribution is -2.38. The smallest absolute Gasteiger partial charge is 0.355 e. The fourth-order valence-corrected chi connectivity index (χ4v) is 3.22. The molecule has 1 aliphatic rings. The van der Waals surface area contributed by atoms with Gasteiger partial charge in [0.2, 0.25) is 5.89 Å². The zero-order chi connectivity index (χ0) is 21.3. The van der Waals surface area contributed by atoms with E-state index in [2.05, 4.69) is 4.98 Å². The standard InChI is InChI=1S/C21H19N3O6/c1-27-20(25)15-10-29-11-24(18(15)21(26)28-2)14-5-3-4-12(8-14)19-23-16-9-13(22)6-7-17(16)30-19/h3-9H,10-11,22H2,1-2H3. The molecule has 30 heavy (non-hydrogen) atoms. The minimum atomic E-state index is -0.665. The van der Waals surface area contributed by atoms with E-state index in [1.54, 1.807) is 41.3 Å². The van der Waals surface area contributed by atoms with Gasteiger partial charge in [-0.3, -0.25) is 0 Å². The second-order valence-electron chi connectivity index (χ2n) is 6.51. The maximum absolute atomic E-state index is 12.5. The third-order valence-electron chi connectivity index (χ3n) is 4.65. The first kappa shape index (κ1) is 19.5. The lowest BCUT2D eigenvalue weighted by Gasteiger charge is -2.31. The topological polar surface area (TPSA) is 117 Å². The van der Waals surface area contributed by atoms with Crippen LogP contribution in [-0.4, -0.2) is 44.5 Å². The zero-order valence-corrected chi connectivity index (χ0v) is 16.4. The number of carbonyl (C=O) groups excluding carboxylic acids is 2. The fraction of sp³-hybridized carbons (Fsp3) is 0.190. The first-order valence-corrected chi connectivity index (χ1v) is 9.03. The number of nitrogens with two attached hydrogens (primary N) is 1. The van der Waals surface area contributed by atoms with E-state index in [-0.39, 0.29) is 24.6 Å². The highest BCUT2D eigenvalue weighted by molar-refractivity contribution is 6.03. The van der Waals surface area contributed by atoms with Gasteiger partial charge >= 0.3 is 11.9 Å². The summed E-state index contributed by atoms with van der Waals surface area (Å²) in [4.78, 5) is 30.6. The highest BCUT2D eigenvalue weighted by Crippen LogP contribution is 2.31. The van der Waals surface area contributed by atoms with Crippen molar-refractivity contribution in [2.75, 3.05) is 38.2 Å². The monoisotopic (exact) mass is 409 g/mol. The van der Waals surface area contributed by atoms with E-state index < -0.39 is 11.9 Å². The summed E-state index contributed by atoms with van der Waals surface area (Å²) >= 11 is 0. The second kappa shape index (κ2) is 7.88. The summed E-state index contributed by atoms with van der Waals surface area (Å²) in [6.45, 7) is -0.00166. The molecule has 4 rings (SSSR count). The van der Waals surface area contributed by atoms with Gasteiger partial charge in [-0.05, 0) is 36.4 Å². The molecule has 9 nitrogen and oxygen atoms in total. The number of hydrogen-bond donors (Lipinski definition) is 1. The molecular weight excluding hydrogens is 390 g/mol. The fourth-order valence-electron chi connectivity index (χ4n) is 3.22. The summed E-state index contributed by atoms with van der Waals surface area (Å²) in [5, 5.41) is 0. The molecule has 0 aliphatic carbocycles. The molecule has 2 aromatic carbocycles. The molecule has 0 unspecified atom stereocenters. The maximum Gasteiger partial charge on any atom is 0.355 e. The van der Waals surface area contributed by atoms with Gasteiger partial charge < -0.3 is 29.3 Å². The van der Waals surface area contributed by atoms with Crippen molar-refractivity contribution in [3.8, 4) is 11.5 Å². The van der Waals surface area contributed by atoms with Crippen LogP contribution in [0, 0.1) is 0 Å². The summed E-state index contributed by atoms with van der Waals surface area (Å²) in [6.07, 6.45) is 0. The van der Waals surface area contributed by atoms with Crippen LogP contribution in [0.15, 0.2) is 58.2 Å². The Balaban J connectivity index is 1.78. The number of fused-ring (bicyclic) bond motifs is 1. The van der Waals surface area contributed by atoms with Crippen molar-refractivity contribution in [2.45, 2.75) is 0 Å². The molecule has 1 aliphatic heterocycles. The van der Waals surface area contributed by atoms with Gasteiger partial charge in [-0.15, -0.1) is 0 Å². The predicted octanol–water partition coefficient (Wildman–Crippen LogP) is 2.47. The van der Waals surface area contributed by atoms with Crippen LogP contribution in [0.3, 0.4) is 0 Å². The molecule has 3 aromatic rings. The van der Waals surface area contributed by atoms with Crippen molar-refractivity contribution in [3.63, 3.8) is 0 Å². The molecule has 2 N–H and O–H groups in total. The van der Waals surface area contributed by atoms with Crippen molar-refractivity contribution < 1.29 is 28.2 Å². The number of nitrogen functional groups attached to an aromatic ring is 1. The number of hydrogen-bond acceptors (Lipinski definition) is 9. The van der Waals surface area contributed by atoms with Crippen LogP contribution in [0.4, 0.5) is 11.4 Å². The van der Waals surface area contributed by atoms with Crippen molar-refractivity contribution in [1.29, 1.82) is 0 Å². The van der Waals surface area contributed by atoms with Crippen molar-refractivity contribution >= 4 is 34.4 Å². The number of rotatable bonds is 4. The summed E-state index contributed by atoms with van der Waals surface area (Å²) in [7, 11) is 2.49. The minimum absolute atomic E-state index is 0.0540. The highest BCUT2D eigenvalue weighted by atomic mass is 16.5. The Kier molecular flexibility index (Phi) is 5.11. The molecule has 0 radical (unpaired) electrons. The molecular formula is C21H19N3O6. The van der Waals surface area contributed by atoms with Crippen LogP contribution in [0.25, 0.3) is 22.6 Å². The molecule has 9 heteroatoms. The van der Waals surface area contributed by atoms with E-state index in [4.69, 9.17) is 24.4 Å². The number of anilines is 2. The van der Waals surface area contributed by atoms with Crippen molar-refractivity contribution in [1.82, 2.24) is 4.98 Å².